The minimum absolute atomic E-state index is 0.712. The minimum Gasteiger partial charge on any atom is -0.316 e. The molecule has 15 heavy (non-hydrogen) atoms. The lowest BCUT2D eigenvalue weighted by atomic mass is 9.99. The lowest BCUT2D eigenvalue weighted by molar-refractivity contribution is 0.378. The zero-order valence-corrected chi connectivity index (χ0v) is 10.3. The van der Waals surface area contributed by atoms with Crippen molar-refractivity contribution in [3.05, 3.63) is 0 Å². The van der Waals surface area contributed by atoms with Crippen molar-refractivity contribution in [1.82, 2.24) is 10.6 Å². The van der Waals surface area contributed by atoms with Gasteiger partial charge in [0.1, 0.15) is 0 Å². The number of rotatable bonds is 6. The SMILES string of the molecule is CCCC1(CNCC2CCNC2C)CC1. The summed E-state index contributed by atoms with van der Waals surface area (Å²) in [4.78, 5) is 0. The molecule has 0 aromatic heterocycles. The molecule has 0 bridgehead atoms. The highest BCUT2D eigenvalue weighted by atomic mass is 15.0. The summed E-state index contributed by atoms with van der Waals surface area (Å²) in [6.45, 7) is 8.33. The molecule has 1 saturated carbocycles. The van der Waals surface area contributed by atoms with Crippen LogP contribution in [0.15, 0.2) is 0 Å². The molecule has 2 nitrogen and oxygen atoms in total. The first-order valence-electron chi connectivity index (χ1n) is 6.70. The van der Waals surface area contributed by atoms with Gasteiger partial charge >= 0.3 is 0 Å². The summed E-state index contributed by atoms with van der Waals surface area (Å²) < 4.78 is 0. The Morgan fingerprint density at radius 1 is 1.40 bits per heavy atom. The van der Waals surface area contributed by atoms with Crippen molar-refractivity contribution in [1.29, 1.82) is 0 Å². The van der Waals surface area contributed by atoms with E-state index in [-0.39, 0.29) is 0 Å². The average molecular weight is 210 g/mol. The molecular formula is C13H26N2. The first kappa shape index (κ1) is 11.4. The fraction of sp³-hybridized carbons (Fsp3) is 1.00. The van der Waals surface area contributed by atoms with Gasteiger partial charge in [-0.25, -0.2) is 0 Å². The van der Waals surface area contributed by atoms with Gasteiger partial charge in [-0.05, 0) is 57.0 Å². The molecule has 0 spiro atoms. The second-order valence-electron chi connectivity index (χ2n) is 5.67. The largest absolute Gasteiger partial charge is 0.316 e. The quantitative estimate of drug-likeness (QED) is 0.702. The van der Waals surface area contributed by atoms with Crippen LogP contribution >= 0.6 is 0 Å². The van der Waals surface area contributed by atoms with Crippen molar-refractivity contribution < 1.29 is 0 Å². The van der Waals surface area contributed by atoms with Crippen LogP contribution < -0.4 is 10.6 Å². The molecule has 2 aliphatic rings. The van der Waals surface area contributed by atoms with Gasteiger partial charge in [-0.1, -0.05) is 13.3 Å². The summed E-state index contributed by atoms with van der Waals surface area (Å²) in [5.74, 6) is 0.863. The van der Waals surface area contributed by atoms with E-state index in [1.807, 2.05) is 0 Å². The zero-order chi connectivity index (χ0) is 10.7. The maximum absolute atomic E-state index is 3.71. The molecule has 2 fully saturated rings. The Bertz CT molecular complexity index is 199. The van der Waals surface area contributed by atoms with Crippen LogP contribution in [0.4, 0.5) is 0 Å². The Kier molecular flexibility index (Phi) is 3.68. The number of hydrogen-bond acceptors (Lipinski definition) is 2. The lowest BCUT2D eigenvalue weighted by Gasteiger charge is -2.19. The van der Waals surface area contributed by atoms with Crippen molar-refractivity contribution in [2.75, 3.05) is 19.6 Å². The van der Waals surface area contributed by atoms with Gasteiger partial charge in [0.05, 0.1) is 0 Å². The van der Waals surface area contributed by atoms with Crippen LogP contribution in [0.2, 0.25) is 0 Å². The maximum Gasteiger partial charge on any atom is 0.00795 e. The van der Waals surface area contributed by atoms with Crippen LogP contribution in [0.3, 0.4) is 0 Å². The molecule has 0 radical (unpaired) electrons. The molecule has 1 heterocycles. The van der Waals surface area contributed by atoms with Crippen LogP contribution in [0.25, 0.3) is 0 Å². The van der Waals surface area contributed by atoms with E-state index in [0.29, 0.717) is 5.41 Å². The summed E-state index contributed by atoms with van der Waals surface area (Å²) >= 11 is 0. The normalized spacial score (nSPS) is 33.2. The van der Waals surface area contributed by atoms with E-state index in [4.69, 9.17) is 0 Å². The van der Waals surface area contributed by atoms with Crippen LogP contribution in [-0.2, 0) is 0 Å². The van der Waals surface area contributed by atoms with Gasteiger partial charge in [-0.15, -0.1) is 0 Å². The second kappa shape index (κ2) is 4.84. The monoisotopic (exact) mass is 210 g/mol. The first-order valence-corrected chi connectivity index (χ1v) is 6.70. The Labute approximate surface area is 94.2 Å². The van der Waals surface area contributed by atoms with E-state index < -0.39 is 0 Å². The summed E-state index contributed by atoms with van der Waals surface area (Å²) in [6, 6.07) is 0.721. The van der Waals surface area contributed by atoms with E-state index in [1.165, 1.54) is 51.7 Å². The second-order valence-corrected chi connectivity index (χ2v) is 5.67. The fourth-order valence-corrected chi connectivity index (χ4v) is 2.94. The summed E-state index contributed by atoms with van der Waals surface area (Å²) in [5.41, 5.74) is 0.712. The Morgan fingerprint density at radius 3 is 2.73 bits per heavy atom. The van der Waals surface area contributed by atoms with Crippen molar-refractivity contribution >= 4 is 0 Å². The molecule has 0 aromatic rings. The molecule has 2 unspecified atom stereocenters. The fourth-order valence-electron chi connectivity index (χ4n) is 2.94. The number of hydrogen-bond donors (Lipinski definition) is 2. The van der Waals surface area contributed by atoms with E-state index in [0.717, 1.165) is 12.0 Å². The van der Waals surface area contributed by atoms with Gasteiger partial charge in [-0.3, -0.25) is 0 Å². The minimum atomic E-state index is 0.712. The first-order chi connectivity index (χ1) is 7.26. The molecule has 2 heteroatoms. The van der Waals surface area contributed by atoms with Crippen molar-refractivity contribution in [3.63, 3.8) is 0 Å². The summed E-state index contributed by atoms with van der Waals surface area (Å²) in [7, 11) is 0. The average Bonchev–Trinajstić information content (AvgIpc) is 2.85. The lowest BCUT2D eigenvalue weighted by Crippen LogP contribution is -2.33. The summed E-state index contributed by atoms with van der Waals surface area (Å²) in [6.07, 6.45) is 7.06. The third-order valence-electron chi connectivity index (χ3n) is 4.33. The highest BCUT2D eigenvalue weighted by molar-refractivity contribution is 4.94. The van der Waals surface area contributed by atoms with Crippen molar-refractivity contribution in [2.45, 2.75) is 52.0 Å². The zero-order valence-electron chi connectivity index (χ0n) is 10.3. The predicted molar refractivity (Wildman–Crippen MR) is 65.0 cm³/mol. The van der Waals surface area contributed by atoms with Crippen molar-refractivity contribution in [2.24, 2.45) is 11.3 Å². The van der Waals surface area contributed by atoms with Gasteiger partial charge < -0.3 is 10.6 Å². The Morgan fingerprint density at radius 2 is 2.20 bits per heavy atom. The van der Waals surface area contributed by atoms with Crippen LogP contribution in [-0.4, -0.2) is 25.7 Å². The molecule has 2 rings (SSSR count). The molecule has 1 aliphatic carbocycles. The molecule has 0 aromatic carbocycles. The standard InChI is InChI=1S/C13H26N2/c1-3-5-13(6-7-13)10-14-9-12-4-8-15-11(12)2/h11-12,14-15H,3-10H2,1-2H3. The van der Waals surface area contributed by atoms with Crippen LogP contribution in [0, 0.1) is 11.3 Å². The molecule has 1 saturated heterocycles. The maximum atomic E-state index is 3.71. The molecule has 88 valence electrons. The van der Waals surface area contributed by atoms with E-state index in [2.05, 4.69) is 24.5 Å². The van der Waals surface area contributed by atoms with Gasteiger partial charge in [0.2, 0.25) is 0 Å². The smallest absolute Gasteiger partial charge is 0.00795 e. The topological polar surface area (TPSA) is 24.1 Å². The molecule has 2 N–H and O–H groups in total. The van der Waals surface area contributed by atoms with Gasteiger partial charge in [0.15, 0.2) is 0 Å². The van der Waals surface area contributed by atoms with Gasteiger partial charge in [0.25, 0.3) is 0 Å². The van der Waals surface area contributed by atoms with Crippen LogP contribution in [0.1, 0.15) is 46.0 Å². The van der Waals surface area contributed by atoms with Crippen molar-refractivity contribution in [3.8, 4) is 0 Å². The van der Waals surface area contributed by atoms with E-state index in [9.17, 15) is 0 Å². The molecule has 2 atom stereocenters. The molecule has 1 aliphatic heterocycles. The third kappa shape index (κ3) is 2.94. The van der Waals surface area contributed by atoms with Gasteiger partial charge in [-0.2, -0.15) is 0 Å². The van der Waals surface area contributed by atoms with E-state index in [1.54, 1.807) is 0 Å². The van der Waals surface area contributed by atoms with E-state index >= 15 is 0 Å². The van der Waals surface area contributed by atoms with Gasteiger partial charge in [0, 0.05) is 12.6 Å². The third-order valence-corrected chi connectivity index (χ3v) is 4.33. The molecule has 0 amide bonds. The Hall–Kier alpha value is -0.0800. The predicted octanol–water partition coefficient (Wildman–Crippen LogP) is 2.15. The molecular weight excluding hydrogens is 184 g/mol. The highest BCUT2D eigenvalue weighted by Crippen LogP contribution is 2.48. The highest BCUT2D eigenvalue weighted by Gasteiger charge is 2.40. The summed E-state index contributed by atoms with van der Waals surface area (Å²) in [5, 5.41) is 7.22. The Balaban J connectivity index is 1.62. The van der Waals surface area contributed by atoms with Crippen LogP contribution in [0.5, 0.6) is 0 Å². The number of nitrogens with one attached hydrogen (secondary N) is 2.